The van der Waals surface area contributed by atoms with Crippen molar-refractivity contribution in [1.29, 1.82) is 0 Å². The summed E-state index contributed by atoms with van der Waals surface area (Å²) in [6.45, 7) is 0.428. The van der Waals surface area contributed by atoms with Crippen molar-refractivity contribution in [2.75, 3.05) is 5.32 Å². The Labute approximate surface area is 126 Å². The lowest BCUT2D eigenvalue weighted by atomic mass is 9.95. The number of rotatable bonds is 4. The Morgan fingerprint density at radius 1 is 1.33 bits per heavy atom. The van der Waals surface area contributed by atoms with Crippen LogP contribution in [-0.2, 0) is 19.4 Å². The highest BCUT2D eigenvalue weighted by atomic mass is 32.1. The lowest BCUT2D eigenvalue weighted by Crippen LogP contribution is -2.08. The van der Waals surface area contributed by atoms with Crippen LogP contribution in [0.15, 0.2) is 24.3 Å². The number of hydrogen-bond donors (Lipinski definition) is 2. The number of halogens is 1. The highest BCUT2D eigenvalue weighted by Crippen LogP contribution is 2.38. The van der Waals surface area contributed by atoms with Gasteiger partial charge in [0.1, 0.15) is 10.8 Å². The molecule has 0 unspecified atom stereocenters. The van der Waals surface area contributed by atoms with Crippen LogP contribution in [0.2, 0.25) is 0 Å². The number of benzene rings is 1. The summed E-state index contributed by atoms with van der Waals surface area (Å²) in [4.78, 5) is 12.7. The molecular weight excluding hydrogens is 289 g/mol. The van der Waals surface area contributed by atoms with Crippen LogP contribution in [0.3, 0.4) is 0 Å². The van der Waals surface area contributed by atoms with Crippen molar-refractivity contribution in [3.05, 3.63) is 51.7 Å². The third-order valence-corrected chi connectivity index (χ3v) is 4.98. The Morgan fingerprint density at radius 2 is 2.14 bits per heavy atom. The molecule has 1 aromatic heterocycles. The summed E-state index contributed by atoms with van der Waals surface area (Å²) in [6, 6.07) is 6.34. The van der Waals surface area contributed by atoms with Gasteiger partial charge in [0.2, 0.25) is 0 Å². The van der Waals surface area contributed by atoms with E-state index >= 15 is 0 Å². The summed E-state index contributed by atoms with van der Waals surface area (Å²) in [5, 5.41) is 13.3. The zero-order valence-electron chi connectivity index (χ0n) is 11.5. The highest BCUT2D eigenvalue weighted by molar-refractivity contribution is 7.16. The van der Waals surface area contributed by atoms with E-state index in [2.05, 4.69) is 5.32 Å². The van der Waals surface area contributed by atoms with E-state index in [1.54, 1.807) is 6.07 Å². The van der Waals surface area contributed by atoms with E-state index in [9.17, 15) is 14.3 Å². The SMILES string of the molecule is O=C(O)c1c(NCc2cccc(F)c2)sc2c1CCCC2. The minimum atomic E-state index is -0.879. The number of nitrogens with one attached hydrogen (secondary N) is 1. The molecule has 2 N–H and O–H groups in total. The monoisotopic (exact) mass is 305 g/mol. The first kappa shape index (κ1) is 14.1. The van der Waals surface area contributed by atoms with Crippen LogP contribution < -0.4 is 5.32 Å². The first-order chi connectivity index (χ1) is 10.1. The van der Waals surface area contributed by atoms with Crippen LogP contribution in [-0.4, -0.2) is 11.1 Å². The Morgan fingerprint density at radius 3 is 2.90 bits per heavy atom. The minimum absolute atomic E-state index is 0.279. The number of fused-ring (bicyclic) bond motifs is 1. The summed E-state index contributed by atoms with van der Waals surface area (Å²) >= 11 is 1.53. The topological polar surface area (TPSA) is 49.3 Å². The van der Waals surface area contributed by atoms with Gasteiger partial charge in [-0.1, -0.05) is 12.1 Å². The maximum absolute atomic E-state index is 13.2. The van der Waals surface area contributed by atoms with E-state index in [0.717, 1.165) is 36.8 Å². The van der Waals surface area contributed by atoms with E-state index in [1.807, 2.05) is 6.07 Å². The Balaban J connectivity index is 1.85. The Hall–Kier alpha value is -1.88. The third-order valence-electron chi connectivity index (χ3n) is 3.73. The second kappa shape index (κ2) is 5.85. The van der Waals surface area contributed by atoms with Crippen LogP contribution in [0, 0.1) is 5.82 Å². The van der Waals surface area contributed by atoms with E-state index in [-0.39, 0.29) is 5.82 Å². The summed E-state index contributed by atoms with van der Waals surface area (Å²) in [6.07, 6.45) is 3.97. The number of thiophene rings is 1. The number of anilines is 1. The van der Waals surface area contributed by atoms with Gasteiger partial charge in [0, 0.05) is 11.4 Å². The molecule has 0 saturated carbocycles. The van der Waals surface area contributed by atoms with E-state index < -0.39 is 5.97 Å². The van der Waals surface area contributed by atoms with Crippen LogP contribution in [0.4, 0.5) is 9.39 Å². The van der Waals surface area contributed by atoms with Crippen molar-refractivity contribution < 1.29 is 14.3 Å². The van der Waals surface area contributed by atoms with Crippen LogP contribution in [0.25, 0.3) is 0 Å². The fourth-order valence-corrected chi connectivity index (χ4v) is 4.02. The largest absolute Gasteiger partial charge is 0.478 e. The molecule has 21 heavy (non-hydrogen) atoms. The van der Waals surface area contributed by atoms with Gasteiger partial charge in [-0.15, -0.1) is 11.3 Å². The normalized spacial score (nSPS) is 13.8. The smallest absolute Gasteiger partial charge is 0.338 e. The molecule has 0 bridgehead atoms. The van der Waals surface area contributed by atoms with Crippen molar-refractivity contribution in [3.8, 4) is 0 Å². The molecule has 5 heteroatoms. The molecule has 0 fully saturated rings. The third kappa shape index (κ3) is 2.93. The molecule has 0 saturated heterocycles. The maximum atomic E-state index is 13.2. The number of carboxylic acid groups (broad SMARTS) is 1. The summed E-state index contributed by atoms with van der Waals surface area (Å²) < 4.78 is 13.2. The molecule has 1 aromatic carbocycles. The standard InChI is InChI=1S/C16H16FNO2S/c17-11-5-3-4-10(8-11)9-18-15-14(16(19)20)12-6-1-2-7-13(12)21-15/h3-5,8,18H,1-2,6-7,9H2,(H,19,20). The summed E-state index contributed by atoms with van der Waals surface area (Å²) in [5.74, 6) is -1.16. The zero-order valence-corrected chi connectivity index (χ0v) is 12.3. The molecule has 1 aliphatic rings. The Kier molecular flexibility index (Phi) is 3.92. The Bertz CT molecular complexity index is 681. The van der Waals surface area contributed by atoms with Crippen LogP contribution in [0.1, 0.15) is 39.2 Å². The summed E-state index contributed by atoms with van der Waals surface area (Å²) in [7, 11) is 0. The number of aromatic carboxylic acids is 1. The van der Waals surface area contributed by atoms with Gasteiger partial charge >= 0.3 is 5.97 Å². The van der Waals surface area contributed by atoms with Gasteiger partial charge < -0.3 is 10.4 Å². The molecular formula is C16H16FNO2S. The second-order valence-corrected chi connectivity index (χ2v) is 6.31. The lowest BCUT2D eigenvalue weighted by molar-refractivity contribution is 0.0697. The second-order valence-electron chi connectivity index (χ2n) is 5.20. The van der Waals surface area contributed by atoms with Gasteiger partial charge in [0.05, 0.1) is 5.56 Å². The van der Waals surface area contributed by atoms with E-state index in [0.29, 0.717) is 17.1 Å². The van der Waals surface area contributed by atoms with E-state index in [1.165, 1.54) is 28.3 Å². The van der Waals surface area contributed by atoms with Crippen molar-refractivity contribution >= 4 is 22.3 Å². The predicted molar refractivity (Wildman–Crippen MR) is 81.6 cm³/mol. The van der Waals surface area contributed by atoms with Crippen molar-refractivity contribution in [3.63, 3.8) is 0 Å². The number of aryl methyl sites for hydroxylation is 1. The molecule has 0 spiro atoms. The van der Waals surface area contributed by atoms with Gasteiger partial charge in [-0.3, -0.25) is 0 Å². The first-order valence-electron chi connectivity index (χ1n) is 7.01. The predicted octanol–water partition coefficient (Wildman–Crippen LogP) is 4.08. The average Bonchev–Trinajstić information content (AvgIpc) is 2.83. The van der Waals surface area contributed by atoms with E-state index in [4.69, 9.17) is 0 Å². The van der Waals surface area contributed by atoms with Gasteiger partial charge in [-0.25, -0.2) is 9.18 Å². The number of hydrogen-bond acceptors (Lipinski definition) is 3. The highest BCUT2D eigenvalue weighted by Gasteiger charge is 2.24. The van der Waals surface area contributed by atoms with Gasteiger partial charge in [0.15, 0.2) is 0 Å². The summed E-state index contributed by atoms with van der Waals surface area (Å²) in [5.41, 5.74) is 2.20. The maximum Gasteiger partial charge on any atom is 0.338 e. The number of carboxylic acids is 1. The zero-order chi connectivity index (χ0) is 14.8. The fraction of sp³-hybridized carbons (Fsp3) is 0.312. The quantitative estimate of drug-likeness (QED) is 0.895. The molecule has 2 aromatic rings. The molecule has 0 radical (unpaired) electrons. The van der Waals surface area contributed by atoms with Crippen LogP contribution in [0.5, 0.6) is 0 Å². The molecule has 110 valence electrons. The minimum Gasteiger partial charge on any atom is -0.478 e. The molecule has 3 nitrogen and oxygen atoms in total. The molecule has 0 aliphatic heterocycles. The van der Waals surface area contributed by atoms with Crippen LogP contribution >= 0.6 is 11.3 Å². The first-order valence-corrected chi connectivity index (χ1v) is 7.83. The average molecular weight is 305 g/mol. The molecule has 0 amide bonds. The molecule has 1 heterocycles. The van der Waals surface area contributed by atoms with Crippen molar-refractivity contribution in [2.45, 2.75) is 32.2 Å². The number of carbonyl (C=O) groups is 1. The van der Waals surface area contributed by atoms with Gasteiger partial charge in [-0.2, -0.15) is 0 Å². The van der Waals surface area contributed by atoms with Gasteiger partial charge in [0.25, 0.3) is 0 Å². The van der Waals surface area contributed by atoms with Crippen molar-refractivity contribution in [1.82, 2.24) is 0 Å². The van der Waals surface area contributed by atoms with Gasteiger partial charge in [-0.05, 0) is 48.9 Å². The molecule has 0 atom stereocenters. The fourth-order valence-electron chi connectivity index (χ4n) is 2.75. The molecule has 1 aliphatic carbocycles. The lowest BCUT2D eigenvalue weighted by Gasteiger charge is -2.10. The molecule has 3 rings (SSSR count). The van der Waals surface area contributed by atoms with Crippen molar-refractivity contribution in [2.24, 2.45) is 0 Å².